The monoisotopic (exact) mass is 301 g/mol. The zero-order chi connectivity index (χ0) is 14.9. The quantitative estimate of drug-likeness (QED) is 0.464. The molecule has 4 heteroatoms. The van der Waals surface area contributed by atoms with Crippen molar-refractivity contribution in [2.75, 3.05) is 0 Å². The highest BCUT2D eigenvalue weighted by molar-refractivity contribution is 6.22. The summed E-state index contributed by atoms with van der Waals surface area (Å²) >= 11 is 6.67. The lowest BCUT2D eigenvalue weighted by molar-refractivity contribution is -0.384. The van der Waals surface area contributed by atoms with Gasteiger partial charge in [-0.25, -0.2) is 0 Å². The molecule has 0 N–H and O–H groups in total. The molecule has 1 aliphatic carbocycles. The van der Waals surface area contributed by atoms with Crippen molar-refractivity contribution in [1.82, 2.24) is 0 Å². The molecule has 21 heavy (non-hydrogen) atoms. The fourth-order valence-corrected chi connectivity index (χ4v) is 3.37. The summed E-state index contributed by atoms with van der Waals surface area (Å²) in [7, 11) is 0. The topological polar surface area (TPSA) is 43.1 Å². The minimum Gasteiger partial charge on any atom is -0.258 e. The Balaban J connectivity index is 1.74. The SMILES string of the molecule is O=[N+]([O-])c1ccc(CC(Cl)C2(c3ccccc3)CC2)cc1. The molecule has 2 aromatic carbocycles. The molecule has 1 aliphatic rings. The van der Waals surface area contributed by atoms with Gasteiger partial charge in [-0.2, -0.15) is 0 Å². The van der Waals surface area contributed by atoms with Gasteiger partial charge in [0.25, 0.3) is 5.69 Å². The molecule has 108 valence electrons. The lowest BCUT2D eigenvalue weighted by atomic mass is 9.89. The molecule has 1 unspecified atom stereocenters. The number of hydrogen-bond acceptors (Lipinski definition) is 2. The smallest absolute Gasteiger partial charge is 0.258 e. The lowest BCUT2D eigenvalue weighted by Gasteiger charge is -2.22. The Labute approximate surface area is 128 Å². The zero-order valence-corrected chi connectivity index (χ0v) is 12.3. The zero-order valence-electron chi connectivity index (χ0n) is 11.5. The maximum Gasteiger partial charge on any atom is 0.269 e. The third-order valence-corrected chi connectivity index (χ3v) is 4.87. The molecule has 2 aromatic rings. The second kappa shape index (κ2) is 5.49. The molecule has 0 aliphatic heterocycles. The molecule has 0 saturated heterocycles. The van der Waals surface area contributed by atoms with Crippen LogP contribution in [0.4, 0.5) is 5.69 Å². The number of nitrogens with zero attached hydrogens (tertiary/aromatic N) is 1. The van der Waals surface area contributed by atoms with E-state index in [-0.39, 0.29) is 21.4 Å². The van der Waals surface area contributed by atoms with Crippen molar-refractivity contribution < 1.29 is 4.92 Å². The third kappa shape index (κ3) is 2.79. The molecule has 0 amide bonds. The highest BCUT2D eigenvalue weighted by Crippen LogP contribution is 2.53. The molecule has 0 radical (unpaired) electrons. The van der Waals surface area contributed by atoms with Crippen LogP contribution in [0.15, 0.2) is 54.6 Å². The molecular weight excluding hydrogens is 286 g/mol. The molecular formula is C17H16ClNO2. The minimum atomic E-state index is -0.381. The third-order valence-electron chi connectivity index (χ3n) is 4.30. The van der Waals surface area contributed by atoms with E-state index in [9.17, 15) is 10.1 Å². The van der Waals surface area contributed by atoms with Crippen LogP contribution in [0.1, 0.15) is 24.0 Å². The highest BCUT2D eigenvalue weighted by Gasteiger charge is 2.49. The number of rotatable bonds is 5. The Bertz CT molecular complexity index is 636. The van der Waals surface area contributed by atoms with Crippen LogP contribution in [-0.4, -0.2) is 10.3 Å². The first kappa shape index (κ1) is 14.1. The summed E-state index contributed by atoms with van der Waals surface area (Å²) in [6, 6.07) is 17.1. The van der Waals surface area contributed by atoms with E-state index in [0.29, 0.717) is 0 Å². The standard InChI is InChI=1S/C17H16ClNO2/c18-16(12-13-6-8-15(9-7-13)19(20)21)17(10-11-17)14-4-2-1-3-5-14/h1-9,16H,10-12H2. The number of nitro groups is 1. The molecule has 0 heterocycles. The molecule has 3 nitrogen and oxygen atoms in total. The Morgan fingerprint density at radius 2 is 1.71 bits per heavy atom. The van der Waals surface area contributed by atoms with E-state index < -0.39 is 0 Å². The van der Waals surface area contributed by atoms with E-state index in [2.05, 4.69) is 12.1 Å². The first-order chi connectivity index (χ1) is 10.1. The van der Waals surface area contributed by atoms with E-state index >= 15 is 0 Å². The first-order valence-corrected chi connectivity index (χ1v) is 7.48. The Kier molecular flexibility index (Phi) is 3.68. The highest BCUT2D eigenvalue weighted by atomic mass is 35.5. The van der Waals surface area contributed by atoms with Crippen LogP contribution in [0.25, 0.3) is 0 Å². The van der Waals surface area contributed by atoms with Gasteiger partial charge in [-0.1, -0.05) is 42.5 Å². The van der Waals surface area contributed by atoms with Crippen molar-refractivity contribution in [3.05, 3.63) is 75.8 Å². The second-order valence-corrected chi connectivity index (χ2v) is 6.14. The summed E-state index contributed by atoms with van der Waals surface area (Å²) in [6.45, 7) is 0. The Morgan fingerprint density at radius 3 is 2.24 bits per heavy atom. The Hall–Kier alpha value is -1.87. The fourth-order valence-electron chi connectivity index (χ4n) is 2.84. The molecule has 3 rings (SSSR count). The number of non-ortho nitro benzene ring substituents is 1. The Morgan fingerprint density at radius 1 is 1.10 bits per heavy atom. The van der Waals surface area contributed by atoms with Gasteiger partial charge in [0.05, 0.1) is 4.92 Å². The summed E-state index contributed by atoms with van der Waals surface area (Å²) in [6.07, 6.45) is 2.95. The summed E-state index contributed by atoms with van der Waals surface area (Å²) in [5.74, 6) is 0. The number of hydrogen-bond donors (Lipinski definition) is 0. The van der Waals surface area contributed by atoms with Crippen LogP contribution < -0.4 is 0 Å². The number of halogens is 1. The first-order valence-electron chi connectivity index (χ1n) is 7.05. The van der Waals surface area contributed by atoms with E-state index in [1.165, 1.54) is 5.56 Å². The average molecular weight is 302 g/mol. The maximum absolute atomic E-state index is 10.7. The molecule has 1 fully saturated rings. The van der Waals surface area contributed by atoms with Gasteiger partial charge in [-0.3, -0.25) is 10.1 Å². The largest absolute Gasteiger partial charge is 0.269 e. The summed E-state index contributed by atoms with van der Waals surface area (Å²) < 4.78 is 0. The molecule has 0 aromatic heterocycles. The van der Waals surface area contributed by atoms with Gasteiger partial charge in [0, 0.05) is 22.9 Å². The normalized spacial score (nSPS) is 17.2. The van der Waals surface area contributed by atoms with Crippen LogP contribution in [0.5, 0.6) is 0 Å². The van der Waals surface area contributed by atoms with Crippen molar-refractivity contribution in [1.29, 1.82) is 0 Å². The van der Waals surface area contributed by atoms with Crippen molar-refractivity contribution in [2.24, 2.45) is 0 Å². The number of benzene rings is 2. The van der Waals surface area contributed by atoms with Gasteiger partial charge in [-0.05, 0) is 30.4 Å². The summed E-state index contributed by atoms with van der Waals surface area (Å²) in [5.41, 5.74) is 2.54. The van der Waals surface area contributed by atoms with Crippen LogP contribution in [0.3, 0.4) is 0 Å². The van der Waals surface area contributed by atoms with Gasteiger partial charge in [0.1, 0.15) is 0 Å². The van der Waals surface area contributed by atoms with Crippen LogP contribution in [0.2, 0.25) is 0 Å². The van der Waals surface area contributed by atoms with Gasteiger partial charge in [0.15, 0.2) is 0 Å². The summed E-state index contributed by atoms with van der Waals surface area (Å²) in [5, 5.41) is 10.7. The fraction of sp³-hybridized carbons (Fsp3) is 0.294. The van der Waals surface area contributed by atoms with Crippen molar-refractivity contribution >= 4 is 17.3 Å². The van der Waals surface area contributed by atoms with Crippen molar-refractivity contribution in [2.45, 2.75) is 30.1 Å². The average Bonchev–Trinajstić information content (AvgIpc) is 3.30. The lowest BCUT2D eigenvalue weighted by Crippen LogP contribution is -2.23. The second-order valence-electron chi connectivity index (χ2n) is 5.62. The van der Waals surface area contributed by atoms with Crippen LogP contribution in [0, 0.1) is 10.1 Å². The van der Waals surface area contributed by atoms with Gasteiger partial charge in [0.2, 0.25) is 0 Å². The summed E-state index contributed by atoms with van der Waals surface area (Å²) in [4.78, 5) is 10.3. The van der Waals surface area contributed by atoms with Crippen LogP contribution >= 0.6 is 11.6 Å². The van der Waals surface area contributed by atoms with E-state index in [4.69, 9.17) is 11.6 Å². The van der Waals surface area contributed by atoms with E-state index in [1.807, 2.05) is 18.2 Å². The minimum absolute atomic E-state index is 0.0151. The van der Waals surface area contributed by atoms with E-state index in [0.717, 1.165) is 24.8 Å². The maximum atomic E-state index is 10.7. The number of nitro benzene ring substituents is 1. The van der Waals surface area contributed by atoms with Gasteiger partial charge in [-0.15, -0.1) is 11.6 Å². The molecule has 0 bridgehead atoms. The predicted molar refractivity (Wildman–Crippen MR) is 83.8 cm³/mol. The van der Waals surface area contributed by atoms with Crippen molar-refractivity contribution in [3.8, 4) is 0 Å². The van der Waals surface area contributed by atoms with Gasteiger partial charge >= 0.3 is 0 Å². The van der Waals surface area contributed by atoms with Gasteiger partial charge < -0.3 is 0 Å². The van der Waals surface area contributed by atoms with E-state index in [1.54, 1.807) is 24.3 Å². The van der Waals surface area contributed by atoms with Crippen molar-refractivity contribution in [3.63, 3.8) is 0 Å². The number of alkyl halides is 1. The predicted octanol–water partition coefficient (Wildman–Crippen LogP) is 4.48. The molecule has 1 saturated carbocycles. The molecule has 0 spiro atoms. The van der Waals surface area contributed by atoms with Crippen LogP contribution in [-0.2, 0) is 11.8 Å². The molecule has 1 atom stereocenters.